The standard InChI is InChI=1S/C37H50O5/c1-6-8-19-41-33(38)25-9-11-26(12-10-25)34(39)42-21-20-40-32-22-28-30-14-13-29(24(3)7-2)35(30,4)17-16-31(28)36(5)18-15-27-23-37(27,32)36/h6-7,9-12,24,27-32H,1-2,8,13-23H2,3-5H3/t24-,27-,28+,29-,30+,31+,32-,35-,36-,37+/m1/s1. The molecule has 5 nitrogen and oxygen atoms in total. The third kappa shape index (κ3) is 4.60. The molecule has 5 aliphatic carbocycles. The van der Waals surface area contributed by atoms with Crippen LogP contribution in [0.5, 0.6) is 0 Å². The second-order valence-corrected chi connectivity index (χ2v) is 14.6. The monoisotopic (exact) mass is 574 g/mol. The molecule has 10 atom stereocenters. The Labute approximate surface area is 252 Å². The van der Waals surface area contributed by atoms with Crippen LogP contribution in [0.15, 0.2) is 49.6 Å². The highest BCUT2D eigenvalue weighted by atomic mass is 16.6. The van der Waals surface area contributed by atoms with Crippen molar-refractivity contribution < 1.29 is 23.8 Å². The Morgan fingerprint density at radius 3 is 2.26 bits per heavy atom. The van der Waals surface area contributed by atoms with Crippen molar-refractivity contribution >= 4 is 11.9 Å². The van der Waals surface area contributed by atoms with Gasteiger partial charge in [0, 0.05) is 5.41 Å². The van der Waals surface area contributed by atoms with Crippen molar-refractivity contribution in [3.8, 4) is 0 Å². The normalized spacial score (nSPS) is 40.1. The highest BCUT2D eigenvalue weighted by Crippen LogP contribution is 2.82. The minimum Gasteiger partial charge on any atom is -0.462 e. The first-order valence-electron chi connectivity index (χ1n) is 16.5. The van der Waals surface area contributed by atoms with E-state index in [1.54, 1.807) is 30.3 Å². The van der Waals surface area contributed by atoms with E-state index in [0.29, 0.717) is 52.9 Å². The molecule has 0 aliphatic heterocycles. The minimum absolute atomic E-state index is 0.242. The number of rotatable bonds is 11. The maximum atomic E-state index is 12.7. The van der Waals surface area contributed by atoms with Gasteiger partial charge in [0.2, 0.25) is 0 Å². The lowest BCUT2D eigenvalue weighted by molar-refractivity contribution is -0.170. The average Bonchev–Trinajstić information content (AvgIpc) is 3.51. The molecular weight excluding hydrogens is 524 g/mol. The van der Waals surface area contributed by atoms with Gasteiger partial charge in [-0.3, -0.25) is 0 Å². The summed E-state index contributed by atoms with van der Waals surface area (Å²) in [6.45, 7) is 16.3. The van der Waals surface area contributed by atoms with Crippen LogP contribution >= 0.6 is 0 Å². The van der Waals surface area contributed by atoms with E-state index >= 15 is 0 Å². The molecule has 0 amide bonds. The van der Waals surface area contributed by atoms with E-state index in [9.17, 15) is 9.59 Å². The lowest BCUT2D eigenvalue weighted by Crippen LogP contribution is -2.57. The van der Waals surface area contributed by atoms with Crippen LogP contribution in [0.2, 0.25) is 0 Å². The molecule has 0 radical (unpaired) electrons. The van der Waals surface area contributed by atoms with Crippen LogP contribution in [0, 0.1) is 51.8 Å². The van der Waals surface area contributed by atoms with Gasteiger partial charge in [-0.2, -0.15) is 0 Å². The van der Waals surface area contributed by atoms with Gasteiger partial charge >= 0.3 is 11.9 Å². The summed E-state index contributed by atoms with van der Waals surface area (Å²) in [7, 11) is 0. The molecular formula is C37H50O5. The largest absolute Gasteiger partial charge is 0.462 e. The van der Waals surface area contributed by atoms with Gasteiger partial charge in [0.1, 0.15) is 6.61 Å². The van der Waals surface area contributed by atoms with Gasteiger partial charge in [0.15, 0.2) is 0 Å². The minimum atomic E-state index is -0.404. The molecule has 0 aromatic heterocycles. The summed E-state index contributed by atoms with van der Waals surface area (Å²) in [5.41, 5.74) is 1.95. The number of hydrogen-bond acceptors (Lipinski definition) is 5. The zero-order valence-electron chi connectivity index (χ0n) is 25.9. The van der Waals surface area contributed by atoms with Crippen LogP contribution in [-0.2, 0) is 14.2 Å². The smallest absolute Gasteiger partial charge is 0.338 e. The quantitative estimate of drug-likeness (QED) is 0.152. The average molecular weight is 575 g/mol. The van der Waals surface area contributed by atoms with Crippen LogP contribution < -0.4 is 0 Å². The highest BCUT2D eigenvalue weighted by molar-refractivity contribution is 5.93. The predicted octanol–water partition coefficient (Wildman–Crippen LogP) is 8.05. The first-order chi connectivity index (χ1) is 20.2. The first kappa shape index (κ1) is 29.7. The molecule has 1 aromatic rings. The van der Waals surface area contributed by atoms with Crippen molar-refractivity contribution in [3.05, 3.63) is 60.7 Å². The Bertz CT molecular complexity index is 1210. The third-order valence-electron chi connectivity index (χ3n) is 13.2. The fraction of sp³-hybridized carbons (Fsp3) is 0.676. The molecule has 0 heterocycles. The van der Waals surface area contributed by atoms with Crippen LogP contribution in [0.1, 0.15) is 99.3 Å². The van der Waals surface area contributed by atoms with E-state index in [2.05, 4.69) is 40.0 Å². The second-order valence-electron chi connectivity index (χ2n) is 14.6. The van der Waals surface area contributed by atoms with Crippen molar-refractivity contribution in [3.63, 3.8) is 0 Å². The zero-order chi connectivity index (χ0) is 29.7. The summed E-state index contributed by atoms with van der Waals surface area (Å²) in [6, 6.07) is 6.45. The zero-order valence-corrected chi connectivity index (χ0v) is 25.9. The fourth-order valence-electron chi connectivity index (χ4n) is 11.0. The summed E-state index contributed by atoms with van der Waals surface area (Å²) < 4.78 is 17.6. The summed E-state index contributed by atoms with van der Waals surface area (Å²) in [4.78, 5) is 24.9. The van der Waals surface area contributed by atoms with Crippen molar-refractivity contribution in [1.82, 2.24) is 0 Å². The molecule has 42 heavy (non-hydrogen) atoms. The van der Waals surface area contributed by atoms with Crippen molar-refractivity contribution in [1.29, 1.82) is 0 Å². The Balaban J connectivity index is 1.08. The van der Waals surface area contributed by atoms with Gasteiger partial charge < -0.3 is 14.2 Å². The van der Waals surface area contributed by atoms with E-state index in [0.717, 1.165) is 29.6 Å². The molecule has 5 saturated carbocycles. The molecule has 5 aliphatic rings. The summed E-state index contributed by atoms with van der Waals surface area (Å²) in [5.74, 6) is 3.67. The van der Waals surface area contributed by atoms with Crippen molar-refractivity contribution in [2.45, 2.75) is 84.7 Å². The van der Waals surface area contributed by atoms with Gasteiger partial charge in [-0.25, -0.2) is 9.59 Å². The lowest BCUT2D eigenvalue weighted by atomic mass is 9.45. The lowest BCUT2D eigenvalue weighted by Gasteiger charge is -2.61. The van der Waals surface area contributed by atoms with Gasteiger partial charge in [0.05, 0.1) is 30.4 Å². The Kier molecular flexibility index (Phi) is 7.96. The number of benzene rings is 1. The molecule has 0 N–H and O–H groups in total. The van der Waals surface area contributed by atoms with Crippen LogP contribution in [0.3, 0.4) is 0 Å². The summed E-state index contributed by atoms with van der Waals surface area (Å²) >= 11 is 0. The number of ether oxygens (including phenoxy) is 3. The van der Waals surface area contributed by atoms with Gasteiger partial charge in [-0.15, -0.1) is 13.2 Å². The molecule has 0 saturated heterocycles. The first-order valence-corrected chi connectivity index (χ1v) is 16.5. The summed E-state index contributed by atoms with van der Waals surface area (Å²) in [5, 5.41) is 0. The predicted molar refractivity (Wildman–Crippen MR) is 164 cm³/mol. The number of fused-ring (bicyclic) bond motifs is 4. The van der Waals surface area contributed by atoms with Crippen molar-refractivity contribution in [2.75, 3.05) is 19.8 Å². The second kappa shape index (κ2) is 11.3. The molecule has 0 bridgehead atoms. The Morgan fingerprint density at radius 1 is 0.929 bits per heavy atom. The molecule has 1 aromatic carbocycles. The Morgan fingerprint density at radius 2 is 1.62 bits per heavy atom. The van der Waals surface area contributed by atoms with E-state index in [1.807, 2.05) is 0 Å². The van der Waals surface area contributed by atoms with Gasteiger partial charge in [-0.05, 0) is 128 Å². The van der Waals surface area contributed by atoms with Gasteiger partial charge in [-0.1, -0.05) is 32.9 Å². The molecule has 5 fully saturated rings. The van der Waals surface area contributed by atoms with E-state index in [4.69, 9.17) is 14.2 Å². The maximum absolute atomic E-state index is 12.7. The molecule has 1 spiro atoms. The van der Waals surface area contributed by atoms with Crippen LogP contribution in [0.4, 0.5) is 0 Å². The number of hydrogen-bond donors (Lipinski definition) is 0. The van der Waals surface area contributed by atoms with Crippen LogP contribution in [-0.4, -0.2) is 37.9 Å². The number of carbonyl (C=O) groups is 2. The number of allylic oxidation sites excluding steroid dienone is 1. The maximum Gasteiger partial charge on any atom is 0.338 e. The highest BCUT2D eigenvalue weighted by Gasteiger charge is 2.77. The van der Waals surface area contributed by atoms with E-state index in [-0.39, 0.29) is 12.7 Å². The number of carbonyl (C=O) groups excluding carboxylic acids is 2. The SMILES string of the molecule is C=CCCOC(=O)c1ccc(C(=O)OCCO[C@@H]2C[C@H]3[C@@H]4CC[C@H]([C@H](C)C=C)[C@@]4(C)CC[C@@H]3[C@@]3(C)CC[C@@H]4C[C@]423)cc1. The van der Waals surface area contributed by atoms with Crippen LogP contribution in [0.25, 0.3) is 0 Å². The fourth-order valence-corrected chi connectivity index (χ4v) is 11.0. The molecule has 0 unspecified atom stereocenters. The molecule has 6 rings (SSSR count). The Hall–Kier alpha value is -2.40. The van der Waals surface area contributed by atoms with Crippen molar-refractivity contribution in [2.24, 2.45) is 51.8 Å². The molecule has 5 heteroatoms. The summed E-state index contributed by atoms with van der Waals surface area (Å²) in [6.07, 6.45) is 15.4. The molecule has 228 valence electrons. The van der Waals surface area contributed by atoms with Gasteiger partial charge in [0.25, 0.3) is 0 Å². The van der Waals surface area contributed by atoms with E-state index in [1.165, 1.54) is 51.4 Å². The topological polar surface area (TPSA) is 61.8 Å². The number of esters is 2. The van der Waals surface area contributed by atoms with E-state index < -0.39 is 11.9 Å². The third-order valence-corrected chi connectivity index (χ3v) is 13.2.